The lowest BCUT2D eigenvalue weighted by Gasteiger charge is -2.10. The molecule has 0 aliphatic rings. The van der Waals surface area contributed by atoms with E-state index in [9.17, 15) is 38.0 Å². The summed E-state index contributed by atoms with van der Waals surface area (Å²) in [6, 6.07) is 13.7. The first kappa shape index (κ1) is 26.2. The second-order valence-electron chi connectivity index (χ2n) is 8.38. The van der Waals surface area contributed by atoms with Gasteiger partial charge in [-0.15, -0.1) is 0 Å². The third kappa shape index (κ3) is 4.88. The summed E-state index contributed by atoms with van der Waals surface area (Å²) >= 11 is 0. The fourth-order valence-corrected chi connectivity index (χ4v) is 4.05. The minimum absolute atomic E-state index is 0.105. The highest BCUT2D eigenvalue weighted by molar-refractivity contribution is 6.23. The molecule has 1 atom stereocenters. The highest BCUT2D eigenvalue weighted by atomic mass is 19.4. The van der Waals surface area contributed by atoms with Gasteiger partial charge in [0.1, 0.15) is 0 Å². The number of hydrogen-bond donors (Lipinski definition) is 1. The number of nitrogens with zero attached hydrogens (tertiary/aromatic N) is 4. The van der Waals surface area contributed by atoms with Crippen molar-refractivity contribution >= 4 is 39.7 Å². The van der Waals surface area contributed by atoms with E-state index in [4.69, 9.17) is 0 Å². The third-order valence-corrected chi connectivity index (χ3v) is 5.92. The highest BCUT2D eigenvalue weighted by Gasteiger charge is 2.45. The van der Waals surface area contributed by atoms with Crippen LogP contribution in [0.3, 0.4) is 0 Å². The molecule has 194 valence electrons. The standard InChI is InChI=1S/C26H19F3N4O5/c1-15(24(35)26(27,28)29)31-12-10-18(11-13-31)30-23(17-6-4-3-5-7-17)22-20-9-8-19(33(37)38)14-21(20)32(16(2)34)25(22)36/h3-15H,1-2H3/p+1. The van der Waals surface area contributed by atoms with Gasteiger partial charge in [0.25, 0.3) is 5.69 Å². The van der Waals surface area contributed by atoms with Gasteiger partial charge in [-0.2, -0.15) is 17.7 Å². The monoisotopic (exact) mass is 525 g/mol. The molecular weight excluding hydrogens is 505 g/mol. The quantitative estimate of drug-likeness (QED) is 0.163. The molecule has 4 aromatic rings. The molecule has 0 fully saturated rings. The zero-order chi connectivity index (χ0) is 27.8. The van der Waals surface area contributed by atoms with Crippen molar-refractivity contribution in [1.29, 1.82) is 0 Å². The Bertz CT molecular complexity index is 1590. The van der Waals surface area contributed by atoms with E-state index in [-0.39, 0.29) is 28.2 Å². The van der Waals surface area contributed by atoms with Gasteiger partial charge in [-0.25, -0.2) is 9.56 Å². The van der Waals surface area contributed by atoms with Gasteiger partial charge in [0.05, 0.1) is 27.4 Å². The molecule has 0 saturated carbocycles. The Balaban J connectivity index is 1.91. The summed E-state index contributed by atoms with van der Waals surface area (Å²) in [5.41, 5.74) is 0.969. The average Bonchev–Trinajstić information content (AvgIpc) is 3.17. The molecular formula is C26H20F3N4O5+. The van der Waals surface area contributed by atoms with E-state index < -0.39 is 34.7 Å². The summed E-state index contributed by atoms with van der Waals surface area (Å²) in [4.78, 5) is 39.3. The maximum atomic E-state index is 12.8. The summed E-state index contributed by atoms with van der Waals surface area (Å²) in [6.07, 6.45) is -2.43. The summed E-state index contributed by atoms with van der Waals surface area (Å²) in [7, 11) is 0. The Hall–Kier alpha value is -4.87. The number of pyridine rings is 1. The molecule has 0 saturated heterocycles. The van der Waals surface area contributed by atoms with E-state index in [0.717, 1.165) is 16.1 Å². The molecule has 0 amide bonds. The van der Waals surface area contributed by atoms with E-state index >= 15 is 0 Å². The fraction of sp³-hybridized carbons (Fsp3) is 0.154. The van der Waals surface area contributed by atoms with E-state index in [1.54, 1.807) is 30.3 Å². The predicted octanol–water partition coefficient (Wildman–Crippen LogP) is 5.06. The van der Waals surface area contributed by atoms with Crippen LogP contribution in [0.2, 0.25) is 0 Å². The molecule has 9 nitrogen and oxygen atoms in total. The number of Topliss-reactive ketones (excluding diaryl/α,β-unsaturated/α-hetero) is 1. The fourth-order valence-electron chi connectivity index (χ4n) is 4.05. The normalized spacial score (nSPS) is 12.9. The number of ketones is 1. The molecule has 1 N–H and O–H groups in total. The largest absolute Gasteiger partial charge is 0.494 e. The lowest BCUT2D eigenvalue weighted by Crippen LogP contribution is -2.46. The van der Waals surface area contributed by atoms with Gasteiger partial charge >= 0.3 is 12.0 Å². The van der Waals surface area contributed by atoms with Crippen LogP contribution in [0.1, 0.15) is 35.8 Å². The smallest absolute Gasteiger partial charge is 0.457 e. The third-order valence-electron chi connectivity index (χ3n) is 5.92. The van der Waals surface area contributed by atoms with Crippen LogP contribution in [0, 0.1) is 10.1 Å². The van der Waals surface area contributed by atoms with Crippen molar-refractivity contribution < 1.29 is 37.4 Å². The predicted molar refractivity (Wildman–Crippen MR) is 131 cm³/mol. The molecule has 2 heterocycles. The molecule has 0 spiro atoms. The highest BCUT2D eigenvalue weighted by Crippen LogP contribution is 2.36. The molecule has 1 unspecified atom stereocenters. The van der Waals surface area contributed by atoms with Crippen LogP contribution in [-0.4, -0.2) is 38.2 Å². The summed E-state index contributed by atoms with van der Waals surface area (Å²) < 4.78 is 40.5. The zero-order valence-corrected chi connectivity index (χ0v) is 20.0. The van der Waals surface area contributed by atoms with Gasteiger partial charge in [0.15, 0.2) is 12.4 Å². The number of rotatable bonds is 6. The van der Waals surface area contributed by atoms with E-state index in [1.165, 1.54) is 49.6 Å². The first-order chi connectivity index (χ1) is 17.9. The Morgan fingerprint density at radius 3 is 2.26 bits per heavy atom. The first-order valence-corrected chi connectivity index (χ1v) is 11.2. The van der Waals surface area contributed by atoms with Crippen molar-refractivity contribution in [1.82, 2.24) is 4.57 Å². The molecule has 2 aromatic carbocycles. The number of non-ortho nitro benzene ring substituents is 1. The average molecular weight is 525 g/mol. The number of halogens is 3. The van der Waals surface area contributed by atoms with E-state index in [2.05, 4.69) is 4.99 Å². The zero-order valence-electron chi connectivity index (χ0n) is 20.0. The van der Waals surface area contributed by atoms with Crippen LogP contribution in [0.5, 0.6) is 5.88 Å². The minimum atomic E-state index is -4.98. The summed E-state index contributed by atoms with van der Waals surface area (Å²) in [5, 5.41) is 22.8. The van der Waals surface area contributed by atoms with Gasteiger partial charge in [-0.05, 0) is 6.07 Å². The van der Waals surface area contributed by atoms with Gasteiger partial charge in [-0.3, -0.25) is 19.7 Å². The SMILES string of the molecule is CC(=O)n1c(O)c(C(=Nc2cc[n+](C(C)C(=O)C(F)(F)F)cc2)c2ccccc2)c2ccc([N+](=O)[O-])cc21. The number of nitro groups is 1. The number of aromatic hydroxyl groups is 1. The number of benzene rings is 2. The van der Waals surface area contributed by atoms with Crippen molar-refractivity contribution in [2.75, 3.05) is 0 Å². The molecule has 0 radical (unpaired) electrons. The van der Waals surface area contributed by atoms with Crippen LogP contribution in [0.25, 0.3) is 10.9 Å². The number of aromatic nitrogens is 2. The molecule has 0 bridgehead atoms. The van der Waals surface area contributed by atoms with Crippen molar-refractivity contribution in [3.63, 3.8) is 0 Å². The minimum Gasteiger partial charge on any atom is -0.494 e. The molecule has 4 rings (SSSR count). The Labute approximate surface area is 213 Å². The summed E-state index contributed by atoms with van der Waals surface area (Å²) in [5.74, 6) is -2.97. The maximum Gasteiger partial charge on any atom is 0.457 e. The van der Waals surface area contributed by atoms with Crippen LogP contribution >= 0.6 is 0 Å². The number of carbonyl (C=O) groups is 2. The molecule has 2 aromatic heterocycles. The van der Waals surface area contributed by atoms with E-state index in [0.29, 0.717) is 10.9 Å². The van der Waals surface area contributed by atoms with Crippen LogP contribution in [0.4, 0.5) is 24.5 Å². The van der Waals surface area contributed by atoms with Crippen molar-refractivity contribution in [2.24, 2.45) is 4.99 Å². The van der Waals surface area contributed by atoms with Crippen molar-refractivity contribution in [3.05, 3.63) is 94.3 Å². The molecule has 0 aliphatic heterocycles. The number of carbonyl (C=O) groups excluding carboxylic acids is 2. The second kappa shape index (κ2) is 9.88. The van der Waals surface area contributed by atoms with Gasteiger partial charge in [0, 0.05) is 49.1 Å². The lowest BCUT2D eigenvalue weighted by atomic mass is 10.0. The molecule has 0 aliphatic carbocycles. The Morgan fingerprint density at radius 2 is 1.71 bits per heavy atom. The number of aliphatic imine (C=N–C) groups is 1. The van der Waals surface area contributed by atoms with Gasteiger partial charge < -0.3 is 5.11 Å². The van der Waals surface area contributed by atoms with Gasteiger partial charge in [-0.1, -0.05) is 30.3 Å². The molecule has 12 heteroatoms. The van der Waals surface area contributed by atoms with Crippen LogP contribution < -0.4 is 4.57 Å². The number of fused-ring (bicyclic) bond motifs is 1. The Kier molecular flexibility index (Phi) is 6.81. The first-order valence-electron chi connectivity index (χ1n) is 11.2. The Morgan fingerprint density at radius 1 is 1.08 bits per heavy atom. The number of nitro benzene ring substituents is 1. The van der Waals surface area contributed by atoms with Crippen LogP contribution in [0.15, 0.2) is 78.0 Å². The number of hydrogen-bond acceptors (Lipinski definition) is 6. The van der Waals surface area contributed by atoms with Crippen LogP contribution in [-0.2, 0) is 4.79 Å². The lowest BCUT2D eigenvalue weighted by molar-refractivity contribution is -0.706. The summed E-state index contributed by atoms with van der Waals surface area (Å²) in [6.45, 7) is 2.32. The van der Waals surface area contributed by atoms with E-state index in [1.807, 2.05) is 0 Å². The second-order valence-corrected chi connectivity index (χ2v) is 8.38. The van der Waals surface area contributed by atoms with Gasteiger partial charge in [0.2, 0.25) is 17.8 Å². The molecule has 38 heavy (non-hydrogen) atoms. The van der Waals surface area contributed by atoms with Crippen molar-refractivity contribution in [2.45, 2.75) is 26.1 Å². The van der Waals surface area contributed by atoms with Crippen molar-refractivity contribution in [3.8, 4) is 5.88 Å². The maximum absolute atomic E-state index is 12.8. The topological polar surface area (TPSA) is 119 Å². The number of alkyl halides is 3.